The molecule has 0 aliphatic carbocycles. The minimum absolute atomic E-state index is 0.157. The van der Waals surface area contributed by atoms with Gasteiger partial charge in [-0.05, 0) is 50.4 Å². The Hall–Kier alpha value is -2.31. The molecule has 4 nitrogen and oxygen atoms in total. The Bertz CT molecular complexity index is 926. The largest absolute Gasteiger partial charge is 0.490 e. The maximum absolute atomic E-state index is 10.5. The highest BCUT2D eigenvalue weighted by Gasteiger charge is 2.26. The van der Waals surface area contributed by atoms with Crippen LogP contribution in [0.3, 0.4) is 0 Å². The molecule has 1 atom stereocenters. The lowest BCUT2D eigenvalue weighted by Gasteiger charge is -2.37. The van der Waals surface area contributed by atoms with Crippen LogP contribution in [0.25, 0.3) is 0 Å². The van der Waals surface area contributed by atoms with E-state index in [1.54, 1.807) is 11.8 Å². The number of β-amino-alcohol motifs (C(OH)–C–C–N with tert-alkyl or cyclic N) is 1. The Morgan fingerprint density at radius 1 is 0.909 bits per heavy atom. The Balaban J connectivity index is 1.59. The molecule has 0 saturated heterocycles. The average molecular weight is 465 g/mol. The Morgan fingerprint density at radius 2 is 1.45 bits per heavy atom. The normalized spacial score (nSPS) is 12.8. The van der Waals surface area contributed by atoms with Crippen LogP contribution in [0.4, 0.5) is 0 Å². The van der Waals surface area contributed by atoms with E-state index in [0.29, 0.717) is 6.54 Å². The number of nitrogens with zero attached hydrogens (tertiary/aromatic N) is 1. The summed E-state index contributed by atoms with van der Waals surface area (Å²) in [6.45, 7) is 5.88. The lowest BCUT2D eigenvalue weighted by Crippen LogP contribution is -2.51. The molecule has 0 aromatic heterocycles. The maximum atomic E-state index is 10.5. The molecule has 2 N–H and O–H groups in total. The van der Waals surface area contributed by atoms with E-state index >= 15 is 0 Å². The predicted octanol–water partition coefficient (Wildman–Crippen LogP) is 5.24. The summed E-state index contributed by atoms with van der Waals surface area (Å²) >= 11 is 1.64. The second-order valence-corrected chi connectivity index (χ2v) is 9.87. The molecule has 0 aliphatic heterocycles. The summed E-state index contributed by atoms with van der Waals surface area (Å²) in [5, 5.41) is 14.1. The number of benzene rings is 3. The third-order valence-corrected chi connectivity index (χ3v) is 6.41. The number of ether oxygens (including phenoxy) is 1. The highest BCUT2D eigenvalue weighted by atomic mass is 32.2. The van der Waals surface area contributed by atoms with E-state index in [1.807, 2.05) is 30.5 Å². The van der Waals surface area contributed by atoms with Crippen molar-refractivity contribution in [3.05, 3.63) is 96.1 Å². The SMILES string of the molecule is CSc1ccccc1OCC(O)CNC(C)(C)CN(C)C(c1ccccc1)c1ccccc1. The number of likely N-dealkylation sites (N-methyl/N-ethyl adjacent to an activating group) is 1. The first-order valence-corrected chi connectivity index (χ1v) is 12.6. The number of hydrogen-bond acceptors (Lipinski definition) is 5. The van der Waals surface area contributed by atoms with Crippen LogP contribution < -0.4 is 10.1 Å². The number of para-hydroxylation sites is 1. The number of aliphatic hydroxyl groups excluding tert-OH is 1. The van der Waals surface area contributed by atoms with Crippen LogP contribution in [0.2, 0.25) is 0 Å². The number of aliphatic hydroxyl groups is 1. The van der Waals surface area contributed by atoms with Crippen LogP contribution in [0.15, 0.2) is 89.8 Å². The molecule has 0 amide bonds. The molecule has 3 rings (SSSR count). The molecule has 33 heavy (non-hydrogen) atoms. The van der Waals surface area contributed by atoms with Gasteiger partial charge < -0.3 is 15.2 Å². The minimum Gasteiger partial charge on any atom is -0.490 e. The Kier molecular flexibility index (Phi) is 9.39. The van der Waals surface area contributed by atoms with Crippen molar-refractivity contribution in [1.29, 1.82) is 0 Å². The highest BCUT2D eigenvalue weighted by Crippen LogP contribution is 2.29. The summed E-state index contributed by atoms with van der Waals surface area (Å²) in [6, 6.07) is 29.3. The van der Waals surface area contributed by atoms with Gasteiger partial charge in [-0.3, -0.25) is 4.90 Å². The van der Waals surface area contributed by atoms with E-state index in [2.05, 4.69) is 91.8 Å². The van der Waals surface area contributed by atoms with Crippen LogP contribution in [0, 0.1) is 0 Å². The number of hydrogen-bond donors (Lipinski definition) is 2. The molecular formula is C28H36N2O2S. The highest BCUT2D eigenvalue weighted by molar-refractivity contribution is 7.98. The molecule has 0 saturated carbocycles. The van der Waals surface area contributed by atoms with Crippen molar-refractivity contribution < 1.29 is 9.84 Å². The topological polar surface area (TPSA) is 44.7 Å². The zero-order valence-electron chi connectivity index (χ0n) is 20.1. The standard InChI is InChI=1S/C28H36N2O2S/c1-28(2,29-19-24(31)20-32-25-17-11-12-18-26(25)33-4)21-30(3)27(22-13-7-5-8-14-22)23-15-9-6-10-16-23/h5-18,24,27,29,31H,19-21H2,1-4H3. The van der Waals surface area contributed by atoms with E-state index in [1.165, 1.54) is 11.1 Å². The van der Waals surface area contributed by atoms with E-state index in [-0.39, 0.29) is 18.2 Å². The van der Waals surface area contributed by atoms with Crippen molar-refractivity contribution in [3.63, 3.8) is 0 Å². The summed E-state index contributed by atoms with van der Waals surface area (Å²) in [7, 11) is 2.16. The fourth-order valence-electron chi connectivity index (χ4n) is 4.12. The van der Waals surface area contributed by atoms with Gasteiger partial charge in [-0.15, -0.1) is 11.8 Å². The number of nitrogens with one attached hydrogen (secondary N) is 1. The summed E-state index contributed by atoms with van der Waals surface area (Å²) in [6.07, 6.45) is 1.43. The second-order valence-electron chi connectivity index (χ2n) is 9.02. The lowest BCUT2D eigenvalue weighted by atomic mass is 9.95. The van der Waals surface area contributed by atoms with E-state index < -0.39 is 6.10 Å². The fourth-order valence-corrected chi connectivity index (χ4v) is 4.66. The van der Waals surface area contributed by atoms with Gasteiger partial charge in [0.1, 0.15) is 18.5 Å². The molecule has 0 bridgehead atoms. The average Bonchev–Trinajstić information content (AvgIpc) is 2.83. The lowest BCUT2D eigenvalue weighted by molar-refractivity contribution is 0.0924. The van der Waals surface area contributed by atoms with Gasteiger partial charge >= 0.3 is 0 Å². The van der Waals surface area contributed by atoms with Gasteiger partial charge in [0, 0.05) is 23.5 Å². The van der Waals surface area contributed by atoms with E-state index in [4.69, 9.17) is 4.74 Å². The molecule has 0 aliphatic rings. The van der Waals surface area contributed by atoms with Crippen molar-refractivity contribution in [1.82, 2.24) is 10.2 Å². The molecule has 1 unspecified atom stereocenters. The molecule has 0 fully saturated rings. The van der Waals surface area contributed by atoms with Crippen LogP contribution in [-0.2, 0) is 0 Å². The molecule has 3 aromatic carbocycles. The van der Waals surface area contributed by atoms with E-state index in [0.717, 1.165) is 17.2 Å². The smallest absolute Gasteiger partial charge is 0.132 e. The molecule has 0 radical (unpaired) electrons. The molecule has 176 valence electrons. The van der Waals surface area contributed by atoms with Crippen molar-refractivity contribution in [2.24, 2.45) is 0 Å². The Labute approximate surface area is 203 Å². The van der Waals surface area contributed by atoms with Gasteiger partial charge in [0.25, 0.3) is 0 Å². The van der Waals surface area contributed by atoms with Gasteiger partial charge in [0.15, 0.2) is 0 Å². The van der Waals surface area contributed by atoms with Crippen LogP contribution in [-0.4, -0.2) is 54.6 Å². The van der Waals surface area contributed by atoms with Crippen molar-refractivity contribution >= 4 is 11.8 Å². The van der Waals surface area contributed by atoms with Crippen LogP contribution in [0.1, 0.15) is 31.0 Å². The molecule has 0 heterocycles. The van der Waals surface area contributed by atoms with Gasteiger partial charge in [-0.2, -0.15) is 0 Å². The number of rotatable bonds is 12. The van der Waals surface area contributed by atoms with Crippen LogP contribution in [0.5, 0.6) is 5.75 Å². The van der Waals surface area contributed by atoms with Gasteiger partial charge in [-0.1, -0.05) is 72.8 Å². The zero-order chi connectivity index (χ0) is 23.7. The molecule has 5 heteroatoms. The minimum atomic E-state index is -0.594. The fraction of sp³-hybridized carbons (Fsp3) is 0.357. The second kappa shape index (κ2) is 12.2. The van der Waals surface area contributed by atoms with E-state index in [9.17, 15) is 5.11 Å². The number of thioether (sulfide) groups is 1. The first-order chi connectivity index (χ1) is 15.9. The molecular weight excluding hydrogens is 428 g/mol. The molecule has 0 spiro atoms. The van der Waals surface area contributed by atoms with Gasteiger partial charge in [-0.25, -0.2) is 0 Å². The third-order valence-electron chi connectivity index (χ3n) is 5.63. The first-order valence-electron chi connectivity index (χ1n) is 11.4. The zero-order valence-corrected chi connectivity index (χ0v) is 20.9. The van der Waals surface area contributed by atoms with Crippen LogP contribution >= 0.6 is 11.8 Å². The van der Waals surface area contributed by atoms with Gasteiger partial charge in [0.05, 0.1) is 6.04 Å². The van der Waals surface area contributed by atoms with Crippen molar-refractivity contribution in [2.75, 3.05) is 33.0 Å². The predicted molar refractivity (Wildman–Crippen MR) is 139 cm³/mol. The quantitative estimate of drug-likeness (QED) is 0.359. The summed E-state index contributed by atoms with van der Waals surface area (Å²) in [5.74, 6) is 0.816. The monoisotopic (exact) mass is 464 g/mol. The van der Waals surface area contributed by atoms with Gasteiger partial charge in [0.2, 0.25) is 0 Å². The molecule has 3 aromatic rings. The van der Waals surface area contributed by atoms with Crippen molar-refractivity contribution in [2.45, 2.75) is 36.4 Å². The maximum Gasteiger partial charge on any atom is 0.132 e. The summed E-state index contributed by atoms with van der Waals surface area (Å²) < 4.78 is 5.87. The third kappa shape index (κ3) is 7.61. The van der Waals surface area contributed by atoms with Crippen molar-refractivity contribution in [3.8, 4) is 5.75 Å². The first kappa shape index (κ1) is 25.3. The Morgan fingerprint density at radius 3 is 2.03 bits per heavy atom. The summed E-state index contributed by atoms with van der Waals surface area (Å²) in [4.78, 5) is 3.45. The summed E-state index contributed by atoms with van der Waals surface area (Å²) in [5.41, 5.74) is 2.33.